The van der Waals surface area contributed by atoms with Crippen molar-refractivity contribution >= 4 is 17.7 Å². The molecule has 0 radical (unpaired) electrons. The minimum atomic E-state index is -0.423. The van der Waals surface area contributed by atoms with Crippen LogP contribution in [0.25, 0.3) is 0 Å². The molecule has 100 valence electrons. The van der Waals surface area contributed by atoms with Gasteiger partial charge in [-0.25, -0.2) is 0 Å². The Bertz CT molecular complexity index is 343. The van der Waals surface area contributed by atoms with E-state index in [0.717, 1.165) is 12.2 Å². The Morgan fingerprint density at radius 3 is 2.78 bits per heavy atom. The summed E-state index contributed by atoms with van der Waals surface area (Å²) in [4.78, 5) is 12.7. The zero-order valence-electron chi connectivity index (χ0n) is 10.8. The maximum atomic E-state index is 11.4. The molecule has 0 fully saturated rings. The summed E-state index contributed by atoms with van der Waals surface area (Å²) in [6.07, 6.45) is 1.63. The second-order valence-corrected chi connectivity index (χ2v) is 5.30. The Hall–Kier alpha value is -1.00. The van der Waals surface area contributed by atoms with Crippen molar-refractivity contribution in [2.45, 2.75) is 37.2 Å². The highest BCUT2D eigenvalue weighted by atomic mass is 32.2. The molecule has 0 saturated heterocycles. The zero-order chi connectivity index (χ0) is 13.2. The Labute approximate surface area is 113 Å². The number of amides is 1. The Kier molecular flexibility index (Phi) is 7.53. The fourth-order valence-corrected chi connectivity index (χ4v) is 2.28. The lowest BCUT2D eigenvalue weighted by atomic mass is 10.2. The van der Waals surface area contributed by atoms with Crippen LogP contribution in [0.4, 0.5) is 0 Å². The Morgan fingerprint density at radius 2 is 2.11 bits per heavy atom. The minimum absolute atomic E-state index is 0.0242. The van der Waals surface area contributed by atoms with Gasteiger partial charge in [-0.3, -0.25) is 4.79 Å². The first-order chi connectivity index (χ1) is 8.72. The third kappa shape index (κ3) is 6.67. The van der Waals surface area contributed by atoms with E-state index in [1.165, 1.54) is 4.90 Å². The Morgan fingerprint density at radius 1 is 1.39 bits per heavy atom. The number of thioether (sulfide) groups is 1. The quantitative estimate of drug-likeness (QED) is 0.562. The van der Waals surface area contributed by atoms with Crippen LogP contribution in [0.1, 0.15) is 26.2 Å². The normalized spacial score (nSPS) is 12.1. The highest BCUT2D eigenvalue weighted by molar-refractivity contribution is 7.99. The molecule has 0 aliphatic rings. The van der Waals surface area contributed by atoms with Crippen molar-refractivity contribution in [1.82, 2.24) is 5.32 Å². The largest absolute Gasteiger partial charge is 0.391 e. The predicted octanol–water partition coefficient (Wildman–Crippen LogP) is 2.45. The highest BCUT2D eigenvalue weighted by Gasteiger charge is 2.04. The van der Waals surface area contributed by atoms with E-state index in [4.69, 9.17) is 0 Å². The third-order valence-electron chi connectivity index (χ3n) is 2.57. The number of carbonyl (C=O) groups excluding carboxylic acids is 1. The molecule has 1 aromatic rings. The van der Waals surface area contributed by atoms with Gasteiger partial charge in [0.05, 0.1) is 6.10 Å². The smallest absolute Gasteiger partial charge is 0.220 e. The van der Waals surface area contributed by atoms with Crippen molar-refractivity contribution in [1.29, 1.82) is 0 Å². The molecular formula is C14H21NO2S. The van der Waals surface area contributed by atoms with E-state index in [1.54, 1.807) is 11.8 Å². The molecule has 0 heterocycles. The van der Waals surface area contributed by atoms with Gasteiger partial charge in [0, 0.05) is 17.9 Å². The summed E-state index contributed by atoms with van der Waals surface area (Å²) in [6.45, 7) is 2.26. The average Bonchev–Trinajstić information content (AvgIpc) is 2.42. The van der Waals surface area contributed by atoms with Crippen molar-refractivity contribution in [2.75, 3.05) is 12.3 Å². The number of aliphatic hydroxyl groups is 1. The molecule has 0 aliphatic carbocycles. The lowest BCUT2D eigenvalue weighted by Gasteiger charge is -2.09. The van der Waals surface area contributed by atoms with Crippen LogP contribution in [0.15, 0.2) is 35.2 Å². The van der Waals surface area contributed by atoms with Crippen LogP contribution in [0, 0.1) is 0 Å². The fraction of sp³-hybridized carbons (Fsp3) is 0.500. The van der Waals surface area contributed by atoms with Crippen molar-refractivity contribution in [3.63, 3.8) is 0 Å². The monoisotopic (exact) mass is 267 g/mol. The van der Waals surface area contributed by atoms with E-state index in [9.17, 15) is 9.90 Å². The number of benzene rings is 1. The van der Waals surface area contributed by atoms with Crippen LogP contribution in [-0.4, -0.2) is 29.4 Å². The minimum Gasteiger partial charge on any atom is -0.391 e. The van der Waals surface area contributed by atoms with E-state index < -0.39 is 6.10 Å². The predicted molar refractivity (Wildman–Crippen MR) is 75.7 cm³/mol. The van der Waals surface area contributed by atoms with Gasteiger partial charge in [0.1, 0.15) is 0 Å². The molecule has 3 nitrogen and oxygen atoms in total. The first kappa shape index (κ1) is 15.1. The van der Waals surface area contributed by atoms with Crippen molar-refractivity contribution in [3.8, 4) is 0 Å². The number of nitrogens with one attached hydrogen (secondary N) is 1. The number of carbonyl (C=O) groups is 1. The molecule has 1 aromatic carbocycles. The molecule has 1 atom stereocenters. The van der Waals surface area contributed by atoms with Crippen LogP contribution < -0.4 is 5.32 Å². The van der Waals surface area contributed by atoms with Gasteiger partial charge >= 0.3 is 0 Å². The summed E-state index contributed by atoms with van der Waals surface area (Å²) in [6, 6.07) is 10.2. The lowest BCUT2D eigenvalue weighted by molar-refractivity contribution is -0.121. The van der Waals surface area contributed by atoms with E-state index >= 15 is 0 Å². The number of aliphatic hydroxyl groups excluding tert-OH is 1. The first-order valence-corrected chi connectivity index (χ1v) is 7.33. The van der Waals surface area contributed by atoms with Crippen LogP contribution in [0.2, 0.25) is 0 Å². The molecule has 0 aromatic heterocycles. The molecule has 1 amide bonds. The summed E-state index contributed by atoms with van der Waals surface area (Å²) in [5.41, 5.74) is 0. The number of hydrogen-bond donors (Lipinski definition) is 2. The van der Waals surface area contributed by atoms with Crippen LogP contribution in [0.3, 0.4) is 0 Å². The van der Waals surface area contributed by atoms with Gasteiger partial charge in [-0.1, -0.05) is 25.1 Å². The SMILES string of the molecule is CCC(O)CNC(=O)CCCSc1ccccc1. The average molecular weight is 267 g/mol. The van der Waals surface area contributed by atoms with E-state index in [0.29, 0.717) is 19.4 Å². The summed E-state index contributed by atoms with van der Waals surface area (Å²) in [7, 11) is 0. The van der Waals surface area contributed by atoms with Gasteiger partial charge in [0.2, 0.25) is 5.91 Å². The molecule has 0 bridgehead atoms. The van der Waals surface area contributed by atoms with E-state index in [2.05, 4.69) is 17.4 Å². The van der Waals surface area contributed by atoms with E-state index in [-0.39, 0.29) is 5.91 Å². The van der Waals surface area contributed by atoms with Crippen molar-refractivity contribution < 1.29 is 9.90 Å². The standard InChI is InChI=1S/C14H21NO2S/c1-2-12(16)11-15-14(17)9-6-10-18-13-7-4-3-5-8-13/h3-5,7-8,12,16H,2,6,9-11H2,1H3,(H,15,17). The van der Waals surface area contributed by atoms with Crippen LogP contribution >= 0.6 is 11.8 Å². The van der Waals surface area contributed by atoms with Gasteiger partial charge in [-0.05, 0) is 30.7 Å². The van der Waals surface area contributed by atoms with Crippen molar-refractivity contribution in [2.24, 2.45) is 0 Å². The molecular weight excluding hydrogens is 246 g/mol. The van der Waals surface area contributed by atoms with Crippen molar-refractivity contribution in [3.05, 3.63) is 30.3 Å². The van der Waals surface area contributed by atoms with Gasteiger partial charge < -0.3 is 10.4 Å². The second-order valence-electron chi connectivity index (χ2n) is 4.13. The molecule has 0 saturated carbocycles. The molecule has 0 aliphatic heterocycles. The highest BCUT2D eigenvalue weighted by Crippen LogP contribution is 2.18. The topological polar surface area (TPSA) is 49.3 Å². The van der Waals surface area contributed by atoms with Gasteiger partial charge in [0.15, 0.2) is 0 Å². The maximum Gasteiger partial charge on any atom is 0.220 e. The van der Waals surface area contributed by atoms with E-state index in [1.807, 2.05) is 25.1 Å². The fourth-order valence-electron chi connectivity index (χ4n) is 1.40. The molecule has 2 N–H and O–H groups in total. The number of hydrogen-bond acceptors (Lipinski definition) is 3. The summed E-state index contributed by atoms with van der Waals surface area (Å²) >= 11 is 1.76. The first-order valence-electron chi connectivity index (χ1n) is 6.35. The summed E-state index contributed by atoms with van der Waals surface area (Å²) < 4.78 is 0. The second kappa shape index (κ2) is 9.00. The molecule has 18 heavy (non-hydrogen) atoms. The summed E-state index contributed by atoms with van der Waals surface area (Å²) in [5, 5.41) is 12.0. The zero-order valence-corrected chi connectivity index (χ0v) is 11.6. The Balaban J connectivity index is 2.05. The molecule has 1 unspecified atom stereocenters. The lowest BCUT2D eigenvalue weighted by Crippen LogP contribution is -2.31. The molecule has 4 heteroatoms. The molecule has 1 rings (SSSR count). The number of rotatable bonds is 8. The molecule has 0 spiro atoms. The summed E-state index contributed by atoms with van der Waals surface area (Å²) in [5.74, 6) is 0.962. The maximum absolute atomic E-state index is 11.4. The van der Waals surface area contributed by atoms with Crippen LogP contribution in [0.5, 0.6) is 0 Å². The van der Waals surface area contributed by atoms with Gasteiger partial charge in [-0.2, -0.15) is 0 Å². The van der Waals surface area contributed by atoms with Crippen LogP contribution in [-0.2, 0) is 4.79 Å². The van der Waals surface area contributed by atoms with Gasteiger partial charge in [0.25, 0.3) is 0 Å². The van der Waals surface area contributed by atoms with Gasteiger partial charge in [-0.15, -0.1) is 11.8 Å². The third-order valence-corrected chi connectivity index (χ3v) is 3.66.